The number of rotatable bonds is 4. The number of nitrogens with zero attached hydrogens (tertiary/aromatic N) is 1. The van der Waals surface area contributed by atoms with Crippen molar-refractivity contribution in [2.75, 3.05) is 6.54 Å². The van der Waals surface area contributed by atoms with Gasteiger partial charge in [-0.15, -0.1) is 0 Å². The first-order valence-electron chi connectivity index (χ1n) is 6.92. The molecule has 0 bridgehead atoms. The molecule has 1 fully saturated rings. The van der Waals surface area contributed by atoms with Gasteiger partial charge in [0.2, 0.25) is 5.91 Å². The molecule has 5 nitrogen and oxygen atoms in total. The molecule has 1 aromatic carbocycles. The Morgan fingerprint density at radius 3 is 2.65 bits per heavy atom. The number of piperidine rings is 1. The van der Waals surface area contributed by atoms with Gasteiger partial charge in [-0.3, -0.25) is 4.79 Å². The molecule has 3 N–H and O–H groups in total. The number of likely N-dealkylation sites (tertiary alicyclic amines) is 1. The summed E-state index contributed by atoms with van der Waals surface area (Å²) in [5.74, 6) is -1.20. The fourth-order valence-corrected chi connectivity index (χ4v) is 2.62. The van der Waals surface area contributed by atoms with Crippen LogP contribution in [0.5, 0.6) is 0 Å². The van der Waals surface area contributed by atoms with Gasteiger partial charge in [0, 0.05) is 6.54 Å². The second-order valence-electron chi connectivity index (χ2n) is 5.18. The number of hydrogen-bond donors (Lipinski definition) is 2. The van der Waals surface area contributed by atoms with E-state index in [-0.39, 0.29) is 5.91 Å². The quantitative estimate of drug-likeness (QED) is 0.860. The lowest BCUT2D eigenvalue weighted by Crippen LogP contribution is -2.54. The molecule has 0 radical (unpaired) electrons. The van der Waals surface area contributed by atoms with E-state index in [1.165, 1.54) is 4.90 Å². The van der Waals surface area contributed by atoms with E-state index in [2.05, 4.69) is 0 Å². The van der Waals surface area contributed by atoms with Crippen molar-refractivity contribution in [1.82, 2.24) is 4.90 Å². The molecule has 1 aliphatic heterocycles. The zero-order valence-corrected chi connectivity index (χ0v) is 11.4. The van der Waals surface area contributed by atoms with E-state index in [1.807, 2.05) is 30.3 Å². The highest BCUT2D eigenvalue weighted by atomic mass is 16.4. The first-order valence-corrected chi connectivity index (χ1v) is 6.92. The van der Waals surface area contributed by atoms with Gasteiger partial charge in [-0.2, -0.15) is 0 Å². The number of carbonyl (C=O) groups excluding carboxylic acids is 1. The van der Waals surface area contributed by atoms with Crippen LogP contribution in [0.4, 0.5) is 0 Å². The minimum Gasteiger partial charge on any atom is -0.480 e. The molecule has 1 amide bonds. The molecule has 1 aromatic rings. The summed E-state index contributed by atoms with van der Waals surface area (Å²) < 4.78 is 0. The molecular formula is C15H20N2O3. The zero-order chi connectivity index (χ0) is 14.5. The summed E-state index contributed by atoms with van der Waals surface area (Å²) in [6.45, 7) is 0.484. The molecule has 1 heterocycles. The summed E-state index contributed by atoms with van der Waals surface area (Å²) in [6, 6.07) is 8.12. The Hall–Kier alpha value is -1.88. The third-order valence-electron chi connectivity index (χ3n) is 3.69. The average Bonchev–Trinajstić information content (AvgIpc) is 2.47. The van der Waals surface area contributed by atoms with Crippen molar-refractivity contribution in [1.29, 1.82) is 0 Å². The zero-order valence-electron chi connectivity index (χ0n) is 11.4. The molecule has 0 spiro atoms. The van der Waals surface area contributed by atoms with Gasteiger partial charge in [0.1, 0.15) is 6.04 Å². The van der Waals surface area contributed by atoms with Gasteiger partial charge >= 0.3 is 5.97 Å². The number of hydrogen-bond acceptors (Lipinski definition) is 3. The molecular weight excluding hydrogens is 256 g/mol. The van der Waals surface area contributed by atoms with Crippen molar-refractivity contribution in [3.05, 3.63) is 35.9 Å². The maximum atomic E-state index is 12.4. The number of carbonyl (C=O) groups is 2. The van der Waals surface area contributed by atoms with Crippen molar-refractivity contribution in [3.8, 4) is 0 Å². The van der Waals surface area contributed by atoms with Gasteiger partial charge in [0.15, 0.2) is 0 Å². The summed E-state index contributed by atoms with van der Waals surface area (Å²) in [5, 5.41) is 9.19. The van der Waals surface area contributed by atoms with Gasteiger partial charge in [-0.25, -0.2) is 4.79 Å². The Balaban J connectivity index is 2.03. The van der Waals surface area contributed by atoms with Crippen molar-refractivity contribution < 1.29 is 14.7 Å². The van der Waals surface area contributed by atoms with E-state index < -0.39 is 18.1 Å². The van der Waals surface area contributed by atoms with Crippen LogP contribution in [0.1, 0.15) is 24.8 Å². The van der Waals surface area contributed by atoms with Crippen LogP contribution in [0.3, 0.4) is 0 Å². The molecule has 1 aliphatic rings. The highest BCUT2D eigenvalue weighted by Crippen LogP contribution is 2.18. The average molecular weight is 276 g/mol. The summed E-state index contributed by atoms with van der Waals surface area (Å²) in [6.07, 6.45) is 2.63. The van der Waals surface area contributed by atoms with Gasteiger partial charge < -0.3 is 15.7 Å². The van der Waals surface area contributed by atoms with E-state index in [1.54, 1.807) is 0 Å². The fourth-order valence-electron chi connectivity index (χ4n) is 2.62. The maximum absolute atomic E-state index is 12.4. The smallest absolute Gasteiger partial charge is 0.326 e. The first kappa shape index (κ1) is 14.5. The van der Waals surface area contributed by atoms with Crippen LogP contribution in [-0.4, -0.2) is 40.5 Å². The number of carboxylic acid groups (broad SMARTS) is 1. The molecule has 0 aliphatic carbocycles. The van der Waals surface area contributed by atoms with Crippen LogP contribution in [-0.2, 0) is 16.0 Å². The minimum atomic E-state index is -0.940. The van der Waals surface area contributed by atoms with E-state index in [0.717, 1.165) is 18.4 Å². The Kier molecular flexibility index (Phi) is 4.74. The Labute approximate surface area is 118 Å². The number of amides is 1. The van der Waals surface area contributed by atoms with E-state index in [0.29, 0.717) is 19.4 Å². The third kappa shape index (κ3) is 3.36. The molecule has 2 atom stereocenters. The summed E-state index contributed by atoms with van der Waals surface area (Å²) >= 11 is 0. The van der Waals surface area contributed by atoms with Gasteiger partial charge in [0.25, 0.3) is 0 Å². The van der Waals surface area contributed by atoms with Crippen molar-refractivity contribution in [2.24, 2.45) is 5.73 Å². The summed E-state index contributed by atoms with van der Waals surface area (Å²) in [5.41, 5.74) is 6.94. The van der Waals surface area contributed by atoms with Crippen LogP contribution in [0.15, 0.2) is 30.3 Å². The van der Waals surface area contributed by atoms with Crippen LogP contribution in [0, 0.1) is 0 Å². The summed E-state index contributed by atoms with van der Waals surface area (Å²) in [7, 11) is 0. The molecule has 1 unspecified atom stereocenters. The molecule has 108 valence electrons. The van der Waals surface area contributed by atoms with Crippen LogP contribution >= 0.6 is 0 Å². The second-order valence-corrected chi connectivity index (χ2v) is 5.18. The van der Waals surface area contributed by atoms with Crippen molar-refractivity contribution in [2.45, 2.75) is 37.8 Å². The normalized spacial score (nSPS) is 20.4. The maximum Gasteiger partial charge on any atom is 0.326 e. The third-order valence-corrected chi connectivity index (χ3v) is 3.69. The van der Waals surface area contributed by atoms with Gasteiger partial charge in [-0.1, -0.05) is 30.3 Å². The molecule has 5 heteroatoms. The fraction of sp³-hybridized carbons (Fsp3) is 0.467. The highest BCUT2D eigenvalue weighted by Gasteiger charge is 2.34. The minimum absolute atomic E-state index is 0.263. The first-order chi connectivity index (χ1) is 9.59. The van der Waals surface area contributed by atoms with Crippen LogP contribution in [0.2, 0.25) is 0 Å². The lowest BCUT2D eigenvalue weighted by Gasteiger charge is -2.34. The van der Waals surface area contributed by atoms with E-state index in [9.17, 15) is 14.7 Å². The molecule has 2 rings (SSSR count). The van der Waals surface area contributed by atoms with Crippen molar-refractivity contribution in [3.63, 3.8) is 0 Å². The largest absolute Gasteiger partial charge is 0.480 e. The predicted molar refractivity (Wildman–Crippen MR) is 75.1 cm³/mol. The van der Waals surface area contributed by atoms with E-state index >= 15 is 0 Å². The van der Waals surface area contributed by atoms with Crippen molar-refractivity contribution >= 4 is 11.9 Å². The monoisotopic (exact) mass is 276 g/mol. The Morgan fingerprint density at radius 2 is 2.00 bits per heavy atom. The number of carboxylic acids is 1. The lowest BCUT2D eigenvalue weighted by atomic mass is 9.99. The topological polar surface area (TPSA) is 83.6 Å². The van der Waals surface area contributed by atoms with Crippen LogP contribution < -0.4 is 5.73 Å². The predicted octanol–water partition coefficient (Wildman–Crippen LogP) is 1.02. The second kappa shape index (κ2) is 6.52. The molecule has 1 saturated heterocycles. The SMILES string of the molecule is N[C@@H](Cc1ccccc1)C(=O)N1CCCCC1C(=O)O. The Morgan fingerprint density at radius 1 is 1.30 bits per heavy atom. The Bertz CT molecular complexity index is 475. The summed E-state index contributed by atoms with van der Waals surface area (Å²) in [4.78, 5) is 25.0. The highest BCUT2D eigenvalue weighted by molar-refractivity contribution is 5.87. The molecule has 0 aromatic heterocycles. The van der Waals surface area contributed by atoms with Gasteiger partial charge in [-0.05, 0) is 31.2 Å². The van der Waals surface area contributed by atoms with Gasteiger partial charge in [0.05, 0.1) is 6.04 Å². The lowest BCUT2D eigenvalue weighted by molar-refractivity contribution is -0.152. The standard InChI is InChI=1S/C15H20N2O3/c16-12(10-11-6-2-1-3-7-11)14(18)17-9-5-4-8-13(17)15(19)20/h1-3,6-7,12-13H,4-5,8-10,16H2,(H,19,20)/t12-,13?/m0/s1. The number of benzene rings is 1. The van der Waals surface area contributed by atoms with E-state index in [4.69, 9.17) is 5.73 Å². The number of aliphatic carboxylic acids is 1. The molecule has 20 heavy (non-hydrogen) atoms. The molecule has 0 saturated carbocycles. The number of nitrogens with two attached hydrogens (primary N) is 1. The van der Waals surface area contributed by atoms with Crippen LogP contribution in [0.25, 0.3) is 0 Å².